The first kappa shape index (κ1) is 13.2. The number of carbonyl (C=O) groups excluding carboxylic acids is 1. The number of pyridine rings is 1. The van der Waals surface area contributed by atoms with Gasteiger partial charge in [0.1, 0.15) is 0 Å². The van der Waals surface area contributed by atoms with Gasteiger partial charge in [0.15, 0.2) is 5.78 Å². The van der Waals surface area contributed by atoms with E-state index in [1.807, 2.05) is 30.5 Å². The zero-order valence-electron chi connectivity index (χ0n) is 13.0. The lowest BCUT2D eigenvalue weighted by Gasteiger charge is -2.26. The Bertz CT molecular complexity index is 793. The Balaban J connectivity index is 1.75. The van der Waals surface area contributed by atoms with Gasteiger partial charge in [-0.15, -0.1) is 0 Å². The summed E-state index contributed by atoms with van der Waals surface area (Å²) in [6, 6.07) is 14.3. The van der Waals surface area contributed by atoms with Gasteiger partial charge in [0.05, 0.1) is 0 Å². The normalized spacial score (nSPS) is 31.7. The maximum absolute atomic E-state index is 13.3. The largest absolute Gasteiger partial charge is 0.294 e. The van der Waals surface area contributed by atoms with Crippen molar-refractivity contribution in [3.63, 3.8) is 0 Å². The molecule has 1 aromatic carbocycles. The molecule has 0 aliphatic heterocycles. The first-order chi connectivity index (χ1) is 11.3. The second-order valence-electron chi connectivity index (χ2n) is 7.15. The summed E-state index contributed by atoms with van der Waals surface area (Å²) < 4.78 is 0. The van der Waals surface area contributed by atoms with E-state index in [2.05, 4.69) is 23.2 Å². The van der Waals surface area contributed by atoms with E-state index in [0.717, 1.165) is 16.7 Å². The van der Waals surface area contributed by atoms with Crippen molar-refractivity contribution in [3.05, 3.63) is 66.0 Å². The molecule has 1 aromatic heterocycles. The van der Waals surface area contributed by atoms with Crippen LogP contribution in [0.15, 0.2) is 54.9 Å². The number of rotatable bonds is 2. The van der Waals surface area contributed by atoms with Crippen molar-refractivity contribution in [2.75, 3.05) is 0 Å². The minimum Gasteiger partial charge on any atom is -0.294 e. The van der Waals surface area contributed by atoms with Crippen molar-refractivity contribution in [3.8, 4) is 0 Å². The third kappa shape index (κ3) is 1.81. The molecule has 23 heavy (non-hydrogen) atoms. The van der Waals surface area contributed by atoms with Crippen LogP contribution in [-0.4, -0.2) is 10.8 Å². The Morgan fingerprint density at radius 1 is 0.870 bits per heavy atom. The first-order valence-electron chi connectivity index (χ1n) is 8.59. The van der Waals surface area contributed by atoms with Crippen LogP contribution in [0, 0.1) is 23.7 Å². The summed E-state index contributed by atoms with van der Waals surface area (Å²) in [5.74, 6) is 2.31. The van der Waals surface area contributed by atoms with Crippen LogP contribution >= 0.6 is 0 Å². The van der Waals surface area contributed by atoms with Crippen LogP contribution in [0.4, 0.5) is 0 Å². The molecule has 0 unspecified atom stereocenters. The maximum atomic E-state index is 13.3. The molecule has 0 saturated heterocycles. The molecule has 0 N–H and O–H groups in total. The van der Waals surface area contributed by atoms with Crippen LogP contribution in [0.5, 0.6) is 0 Å². The van der Waals surface area contributed by atoms with E-state index in [9.17, 15) is 4.79 Å². The molecule has 3 aliphatic carbocycles. The van der Waals surface area contributed by atoms with Gasteiger partial charge in [0, 0.05) is 23.9 Å². The second kappa shape index (κ2) is 4.89. The number of carbonyl (C=O) groups is 1. The zero-order valence-corrected chi connectivity index (χ0v) is 13.0. The Hall–Kier alpha value is -2.22. The lowest BCUT2D eigenvalue weighted by molar-refractivity contribution is -0.118. The van der Waals surface area contributed by atoms with Gasteiger partial charge in [-0.2, -0.15) is 0 Å². The third-order valence-corrected chi connectivity index (χ3v) is 6.10. The Kier molecular flexibility index (Phi) is 2.81. The highest BCUT2D eigenvalue weighted by molar-refractivity contribution is 6.32. The Morgan fingerprint density at radius 3 is 2.35 bits per heavy atom. The van der Waals surface area contributed by atoms with Gasteiger partial charge < -0.3 is 0 Å². The van der Waals surface area contributed by atoms with Gasteiger partial charge in [0.25, 0.3) is 0 Å². The number of aromatic nitrogens is 1. The van der Waals surface area contributed by atoms with Crippen molar-refractivity contribution in [1.29, 1.82) is 0 Å². The molecule has 2 aromatic rings. The van der Waals surface area contributed by atoms with Crippen molar-refractivity contribution >= 4 is 16.9 Å². The second-order valence-corrected chi connectivity index (χ2v) is 7.15. The number of hydrogen-bond acceptors (Lipinski definition) is 2. The topological polar surface area (TPSA) is 30.0 Å². The minimum absolute atomic E-state index is 0.221. The van der Waals surface area contributed by atoms with Crippen LogP contribution in [0.3, 0.4) is 0 Å². The average Bonchev–Trinajstić information content (AvgIpc) is 3.29. The fourth-order valence-corrected chi connectivity index (χ4v) is 5.31. The highest BCUT2D eigenvalue weighted by Crippen LogP contribution is 2.62. The molecule has 2 saturated carbocycles. The highest BCUT2D eigenvalue weighted by atomic mass is 16.1. The summed E-state index contributed by atoms with van der Waals surface area (Å²) in [6.07, 6.45) is 7.50. The molecule has 0 amide bonds. The molecule has 0 radical (unpaired) electrons. The molecule has 2 nitrogen and oxygen atoms in total. The van der Waals surface area contributed by atoms with E-state index < -0.39 is 0 Å². The van der Waals surface area contributed by atoms with E-state index in [1.165, 1.54) is 24.8 Å². The maximum Gasteiger partial charge on any atom is 0.167 e. The predicted octanol–water partition coefficient (Wildman–Crippen LogP) is 4.24. The molecule has 2 heteroatoms. The molecule has 2 bridgehead atoms. The van der Waals surface area contributed by atoms with Crippen molar-refractivity contribution in [1.82, 2.24) is 4.98 Å². The van der Waals surface area contributed by atoms with E-state index in [-0.39, 0.29) is 5.92 Å². The van der Waals surface area contributed by atoms with Crippen molar-refractivity contribution in [2.45, 2.75) is 19.3 Å². The smallest absolute Gasteiger partial charge is 0.167 e. The number of benzene rings is 1. The Labute approximate surface area is 136 Å². The number of ketones is 1. The predicted molar refractivity (Wildman–Crippen MR) is 90.3 cm³/mol. The fourth-order valence-electron chi connectivity index (χ4n) is 5.31. The molecule has 1 heterocycles. The van der Waals surface area contributed by atoms with E-state index in [1.54, 1.807) is 6.20 Å². The third-order valence-electron chi connectivity index (χ3n) is 6.10. The minimum atomic E-state index is 0.221. The number of hydrogen-bond donors (Lipinski definition) is 0. The lowest BCUT2D eigenvalue weighted by Crippen LogP contribution is -2.24. The van der Waals surface area contributed by atoms with Gasteiger partial charge in [-0.3, -0.25) is 9.78 Å². The summed E-state index contributed by atoms with van der Waals surface area (Å²) in [4.78, 5) is 17.6. The molecule has 0 spiro atoms. The quantitative estimate of drug-likeness (QED) is 0.830. The standard InChI is InChI=1S/C21H19NO/c23-21-19(13-5-2-1-3-6-13)18(16-7-4-10-22-12-16)17-14-8-9-15(11-14)20(17)21/h1-7,10,12,14-15,17,20H,8-9,11H2/t14-,15+,17-,20-/m0/s1. The number of nitrogens with zero attached hydrogens (tertiary/aromatic N) is 1. The number of allylic oxidation sites excluding steroid dienone is 2. The van der Waals surface area contributed by atoms with Gasteiger partial charge in [-0.05, 0) is 59.8 Å². The molecule has 4 atom stereocenters. The van der Waals surface area contributed by atoms with Crippen LogP contribution < -0.4 is 0 Å². The number of Topliss-reactive ketones (excluding diaryl/α,β-unsaturated/α-hetero) is 1. The van der Waals surface area contributed by atoms with Crippen LogP contribution in [-0.2, 0) is 4.79 Å². The van der Waals surface area contributed by atoms with E-state index in [0.29, 0.717) is 23.5 Å². The van der Waals surface area contributed by atoms with Gasteiger partial charge in [0.2, 0.25) is 0 Å². The van der Waals surface area contributed by atoms with Gasteiger partial charge in [-0.1, -0.05) is 36.4 Å². The van der Waals surface area contributed by atoms with E-state index >= 15 is 0 Å². The molecule has 3 aliphatic rings. The summed E-state index contributed by atoms with van der Waals surface area (Å²) in [5.41, 5.74) is 4.45. The zero-order chi connectivity index (χ0) is 15.4. The molecule has 114 valence electrons. The summed E-state index contributed by atoms with van der Waals surface area (Å²) in [6.45, 7) is 0. The lowest BCUT2D eigenvalue weighted by atomic mass is 9.77. The summed E-state index contributed by atoms with van der Waals surface area (Å²) in [7, 11) is 0. The van der Waals surface area contributed by atoms with Gasteiger partial charge >= 0.3 is 0 Å². The monoisotopic (exact) mass is 301 g/mol. The van der Waals surface area contributed by atoms with Gasteiger partial charge in [-0.25, -0.2) is 0 Å². The summed E-state index contributed by atoms with van der Waals surface area (Å²) in [5, 5.41) is 0. The SMILES string of the molecule is O=C1C(c2ccccc2)=C(c2cccnc2)[C@@H]2[C@H]3CC[C@H](C3)[C@H]12. The molecular weight excluding hydrogens is 282 g/mol. The average molecular weight is 301 g/mol. The molecular formula is C21H19NO. The Morgan fingerprint density at radius 2 is 1.61 bits per heavy atom. The molecule has 5 rings (SSSR count). The number of fused-ring (bicyclic) bond motifs is 5. The van der Waals surface area contributed by atoms with Crippen molar-refractivity contribution in [2.24, 2.45) is 23.7 Å². The fraction of sp³-hybridized carbons (Fsp3) is 0.333. The van der Waals surface area contributed by atoms with Crippen LogP contribution in [0.2, 0.25) is 0 Å². The van der Waals surface area contributed by atoms with Crippen LogP contribution in [0.25, 0.3) is 11.1 Å². The molecule has 2 fully saturated rings. The van der Waals surface area contributed by atoms with E-state index in [4.69, 9.17) is 0 Å². The van der Waals surface area contributed by atoms with Crippen LogP contribution in [0.1, 0.15) is 30.4 Å². The highest BCUT2D eigenvalue weighted by Gasteiger charge is 2.57. The summed E-state index contributed by atoms with van der Waals surface area (Å²) >= 11 is 0. The van der Waals surface area contributed by atoms with Crippen molar-refractivity contribution < 1.29 is 4.79 Å². The first-order valence-corrected chi connectivity index (χ1v) is 8.59.